The highest BCUT2D eigenvalue weighted by atomic mass is 16.1. The number of aryl methyl sites for hydroxylation is 1. The van der Waals surface area contributed by atoms with E-state index in [0.29, 0.717) is 18.1 Å². The van der Waals surface area contributed by atoms with Gasteiger partial charge in [-0.1, -0.05) is 19.8 Å². The highest BCUT2D eigenvalue weighted by Crippen LogP contribution is 2.37. The molecule has 0 radical (unpaired) electrons. The maximum Gasteiger partial charge on any atom is 0.160 e. The summed E-state index contributed by atoms with van der Waals surface area (Å²) in [6.45, 7) is 5.21. The summed E-state index contributed by atoms with van der Waals surface area (Å²) >= 11 is 0. The van der Waals surface area contributed by atoms with Crippen molar-refractivity contribution in [3.63, 3.8) is 0 Å². The molecule has 4 nitrogen and oxygen atoms in total. The predicted molar refractivity (Wildman–Crippen MR) is 80.7 cm³/mol. The van der Waals surface area contributed by atoms with Gasteiger partial charge in [0.1, 0.15) is 5.82 Å². The van der Waals surface area contributed by atoms with E-state index in [4.69, 9.17) is 0 Å². The molecule has 2 unspecified atom stereocenters. The largest absolute Gasteiger partial charge is 0.335 e. The maximum atomic E-state index is 12.9. The zero-order chi connectivity index (χ0) is 14.8. The quantitative estimate of drug-likeness (QED) is 0.830. The van der Waals surface area contributed by atoms with Gasteiger partial charge in [0.15, 0.2) is 5.78 Å². The zero-order valence-corrected chi connectivity index (χ0v) is 13.2. The van der Waals surface area contributed by atoms with E-state index in [0.717, 1.165) is 31.6 Å². The van der Waals surface area contributed by atoms with Crippen LogP contribution in [0.5, 0.6) is 0 Å². The number of hydrogen-bond donors (Lipinski definition) is 0. The Morgan fingerprint density at radius 2 is 2.30 bits per heavy atom. The Hall–Kier alpha value is -1.16. The van der Waals surface area contributed by atoms with Gasteiger partial charge in [-0.15, -0.1) is 0 Å². The lowest BCUT2D eigenvalue weighted by Crippen LogP contribution is -2.54. The van der Waals surface area contributed by atoms with Crippen LogP contribution in [-0.2, 0) is 17.8 Å². The summed E-state index contributed by atoms with van der Waals surface area (Å²) < 4.78 is 2.06. The van der Waals surface area contributed by atoms with E-state index >= 15 is 0 Å². The molecule has 1 saturated carbocycles. The molecule has 1 aromatic heterocycles. The van der Waals surface area contributed by atoms with Gasteiger partial charge in [0.05, 0.1) is 12.0 Å². The lowest BCUT2D eigenvalue weighted by molar-refractivity contribution is -0.132. The minimum absolute atomic E-state index is 0.289. The standard InChI is InChI=1S/C16H27N3O/c1-5-19-10-9-17-15(19)11-14(20)16(18(3)4)8-6-7-13(2)12-16/h9-10,13H,5-8,11-12H2,1-4H3. The molecular formula is C16H27N3O. The van der Waals surface area contributed by atoms with E-state index in [-0.39, 0.29) is 5.54 Å². The zero-order valence-electron chi connectivity index (χ0n) is 13.2. The van der Waals surface area contributed by atoms with Crippen LogP contribution in [0.1, 0.15) is 45.4 Å². The van der Waals surface area contributed by atoms with Gasteiger partial charge in [0.2, 0.25) is 0 Å². The first-order chi connectivity index (χ1) is 9.49. The van der Waals surface area contributed by atoms with Gasteiger partial charge >= 0.3 is 0 Å². The summed E-state index contributed by atoms with van der Waals surface area (Å²) in [5.41, 5.74) is -0.289. The fourth-order valence-electron chi connectivity index (χ4n) is 3.54. The molecule has 4 heteroatoms. The third-order valence-electron chi connectivity index (χ3n) is 4.81. The molecule has 0 aromatic carbocycles. The fraction of sp³-hybridized carbons (Fsp3) is 0.750. The molecule has 20 heavy (non-hydrogen) atoms. The number of ketones is 1. The average molecular weight is 277 g/mol. The van der Waals surface area contributed by atoms with E-state index in [2.05, 4.69) is 28.3 Å². The molecule has 2 rings (SSSR count). The number of likely N-dealkylation sites (N-methyl/N-ethyl adjacent to an activating group) is 1. The Labute approximate surface area is 122 Å². The first-order valence-corrected chi connectivity index (χ1v) is 7.70. The van der Waals surface area contributed by atoms with Crippen molar-refractivity contribution in [1.82, 2.24) is 14.5 Å². The van der Waals surface area contributed by atoms with Gasteiger partial charge in [0.25, 0.3) is 0 Å². The van der Waals surface area contributed by atoms with Crippen molar-refractivity contribution in [2.75, 3.05) is 14.1 Å². The van der Waals surface area contributed by atoms with Gasteiger partial charge in [0, 0.05) is 18.9 Å². The predicted octanol–water partition coefficient (Wildman–Crippen LogP) is 2.53. The molecule has 1 fully saturated rings. The molecule has 1 aliphatic carbocycles. The lowest BCUT2D eigenvalue weighted by atomic mass is 9.72. The van der Waals surface area contributed by atoms with Crippen LogP contribution >= 0.6 is 0 Å². The van der Waals surface area contributed by atoms with E-state index in [9.17, 15) is 4.79 Å². The Morgan fingerprint density at radius 3 is 2.90 bits per heavy atom. The Bertz CT molecular complexity index is 466. The van der Waals surface area contributed by atoms with E-state index in [1.54, 1.807) is 6.20 Å². The Morgan fingerprint density at radius 1 is 1.55 bits per heavy atom. The lowest BCUT2D eigenvalue weighted by Gasteiger charge is -2.43. The van der Waals surface area contributed by atoms with Crippen molar-refractivity contribution in [3.8, 4) is 0 Å². The van der Waals surface area contributed by atoms with E-state index < -0.39 is 0 Å². The topological polar surface area (TPSA) is 38.1 Å². The van der Waals surface area contributed by atoms with Crippen LogP contribution in [0, 0.1) is 5.92 Å². The van der Waals surface area contributed by atoms with E-state index in [1.807, 2.05) is 20.3 Å². The first kappa shape index (κ1) is 15.2. The van der Waals surface area contributed by atoms with Gasteiger partial charge in [-0.3, -0.25) is 9.69 Å². The smallest absolute Gasteiger partial charge is 0.160 e. The molecule has 0 saturated heterocycles. The van der Waals surface area contributed by atoms with Gasteiger partial charge in [-0.05, 0) is 39.8 Å². The third-order valence-corrected chi connectivity index (χ3v) is 4.81. The average Bonchev–Trinajstić information content (AvgIpc) is 2.85. The van der Waals surface area contributed by atoms with Crippen LogP contribution in [0.15, 0.2) is 12.4 Å². The molecule has 1 aromatic rings. The summed E-state index contributed by atoms with van der Waals surface area (Å²) in [5, 5.41) is 0. The highest BCUT2D eigenvalue weighted by molar-refractivity contribution is 5.89. The molecule has 0 bridgehead atoms. The summed E-state index contributed by atoms with van der Waals surface area (Å²) in [6, 6.07) is 0. The minimum Gasteiger partial charge on any atom is -0.335 e. The first-order valence-electron chi connectivity index (χ1n) is 7.70. The monoisotopic (exact) mass is 277 g/mol. The van der Waals surface area contributed by atoms with Crippen molar-refractivity contribution in [3.05, 3.63) is 18.2 Å². The van der Waals surface area contributed by atoms with Crippen LogP contribution < -0.4 is 0 Å². The number of hydrogen-bond acceptors (Lipinski definition) is 3. The summed E-state index contributed by atoms with van der Waals surface area (Å²) in [5.74, 6) is 1.85. The summed E-state index contributed by atoms with van der Waals surface area (Å²) in [6.07, 6.45) is 8.54. The maximum absolute atomic E-state index is 12.9. The number of imidazole rings is 1. The molecular weight excluding hydrogens is 250 g/mol. The third kappa shape index (κ3) is 2.80. The molecule has 0 spiro atoms. The molecule has 112 valence electrons. The Kier molecular flexibility index (Phi) is 4.63. The molecule has 0 amide bonds. The fourth-order valence-corrected chi connectivity index (χ4v) is 3.54. The number of carbonyl (C=O) groups is 1. The van der Waals surface area contributed by atoms with Crippen LogP contribution in [0.3, 0.4) is 0 Å². The van der Waals surface area contributed by atoms with Crippen molar-refractivity contribution >= 4 is 5.78 Å². The highest BCUT2D eigenvalue weighted by Gasteiger charge is 2.43. The summed E-state index contributed by atoms with van der Waals surface area (Å²) in [4.78, 5) is 19.4. The number of Topliss-reactive ketones (excluding diaryl/α,β-unsaturated/α-hetero) is 1. The van der Waals surface area contributed by atoms with Crippen LogP contribution in [-0.4, -0.2) is 39.9 Å². The van der Waals surface area contributed by atoms with E-state index in [1.165, 1.54) is 6.42 Å². The van der Waals surface area contributed by atoms with Crippen LogP contribution in [0.2, 0.25) is 0 Å². The second kappa shape index (κ2) is 6.08. The molecule has 1 heterocycles. The van der Waals surface area contributed by atoms with Crippen LogP contribution in [0.4, 0.5) is 0 Å². The SMILES string of the molecule is CCn1ccnc1CC(=O)C1(N(C)C)CCCC(C)C1. The number of carbonyl (C=O) groups excluding carboxylic acids is 1. The molecule has 2 atom stereocenters. The van der Waals surface area contributed by atoms with Crippen molar-refractivity contribution in [1.29, 1.82) is 0 Å². The van der Waals surface area contributed by atoms with Crippen molar-refractivity contribution in [2.45, 2.75) is 58.0 Å². The van der Waals surface area contributed by atoms with Crippen molar-refractivity contribution < 1.29 is 4.79 Å². The second-order valence-electron chi connectivity index (χ2n) is 6.36. The molecule has 0 aliphatic heterocycles. The van der Waals surface area contributed by atoms with Gasteiger partial charge < -0.3 is 4.57 Å². The number of aromatic nitrogens is 2. The van der Waals surface area contributed by atoms with Crippen LogP contribution in [0.25, 0.3) is 0 Å². The normalized spacial score (nSPS) is 26.9. The van der Waals surface area contributed by atoms with Crippen molar-refractivity contribution in [2.24, 2.45) is 5.92 Å². The summed E-state index contributed by atoms with van der Waals surface area (Å²) in [7, 11) is 4.09. The number of nitrogens with zero attached hydrogens (tertiary/aromatic N) is 3. The second-order valence-corrected chi connectivity index (χ2v) is 6.36. The van der Waals surface area contributed by atoms with Gasteiger partial charge in [-0.25, -0.2) is 4.98 Å². The molecule has 0 N–H and O–H groups in total. The Balaban J connectivity index is 2.19. The number of rotatable bonds is 5. The van der Waals surface area contributed by atoms with Gasteiger partial charge in [-0.2, -0.15) is 0 Å². The molecule has 1 aliphatic rings. The minimum atomic E-state index is -0.289.